The number of nitrogens with zero attached hydrogens (tertiary/aromatic N) is 1. The zero-order valence-electron chi connectivity index (χ0n) is 16.0. The number of urea groups is 1. The third kappa shape index (κ3) is 3.01. The molecule has 0 radical (unpaired) electrons. The highest BCUT2D eigenvalue weighted by molar-refractivity contribution is 5.98. The highest BCUT2D eigenvalue weighted by atomic mass is 16.2. The summed E-state index contributed by atoms with van der Waals surface area (Å²) in [5.41, 5.74) is 2.32. The fourth-order valence-corrected chi connectivity index (χ4v) is 6.66. The Morgan fingerprint density at radius 2 is 1.70 bits per heavy atom. The molecule has 4 bridgehead atoms. The molecule has 4 saturated carbocycles. The summed E-state index contributed by atoms with van der Waals surface area (Å²) in [6.07, 6.45) is 8.25. The van der Waals surface area contributed by atoms with Gasteiger partial charge in [0.15, 0.2) is 0 Å². The Bertz CT molecular complexity index is 739. The maximum Gasteiger partial charge on any atom is 0.321 e. The fraction of sp³-hybridized carbons (Fsp3) is 0.636. The SMILES string of the molecule is C[C@H](C(=O)NC(=O)NC12CC3CC(CC(C3)C1)C2)N1CCc2ccccc21. The van der Waals surface area contributed by atoms with E-state index in [-0.39, 0.29) is 23.5 Å². The first-order chi connectivity index (χ1) is 13.0. The average molecular weight is 367 g/mol. The van der Waals surface area contributed by atoms with Gasteiger partial charge < -0.3 is 10.2 Å². The minimum Gasteiger partial charge on any atom is -0.359 e. The highest BCUT2D eigenvalue weighted by Crippen LogP contribution is 2.55. The first-order valence-electron chi connectivity index (χ1n) is 10.5. The lowest BCUT2D eigenvalue weighted by molar-refractivity contribution is -0.121. The monoisotopic (exact) mass is 367 g/mol. The Morgan fingerprint density at radius 3 is 2.37 bits per heavy atom. The summed E-state index contributed by atoms with van der Waals surface area (Å²) in [4.78, 5) is 27.5. The molecule has 1 aromatic rings. The van der Waals surface area contributed by atoms with E-state index in [1.165, 1.54) is 24.8 Å². The Morgan fingerprint density at radius 1 is 1.07 bits per heavy atom. The molecule has 3 amide bonds. The predicted octanol–water partition coefficient (Wildman–Crippen LogP) is 3.23. The summed E-state index contributed by atoms with van der Waals surface area (Å²) in [7, 11) is 0. The summed E-state index contributed by atoms with van der Waals surface area (Å²) in [6.45, 7) is 2.71. The molecule has 1 aliphatic heterocycles. The van der Waals surface area contributed by atoms with Crippen LogP contribution in [0.25, 0.3) is 0 Å². The zero-order valence-corrected chi connectivity index (χ0v) is 16.0. The van der Waals surface area contributed by atoms with Crippen molar-refractivity contribution in [3.05, 3.63) is 29.8 Å². The van der Waals surface area contributed by atoms with Crippen molar-refractivity contribution in [2.75, 3.05) is 11.4 Å². The second-order valence-corrected chi connectivity index (χ2v) is 9.39. The summed E-state index contributed by atoms with van der Waals surface area (Å²) < 4.78 is 0. The van der Waals surface area contributed by atoms with Crippen molar-refractivity contribution in [3.63, 3.8) is 0 Å². The molecule has 5 aliphatic rings. The largest absolute Gasteiger partial charge is 0.359 e. The van der Waals surface area contributed by atoms with Crippen LogP contribution in [0.15, 0.2) is 24.3 Å². The number of carbonyl (C=O) groups is 2. The predicted molar refractivity (Wildman–Crippen MR) is 105 cm³/mol. The molecule has 5 heteroatoms. The van der Waals surface area contributed by atoms with Gasteiger partial charge in [0.1, 0.15) is 6.04 Å². The summed E-state index contributed by atoms with van der Waals surface area (Å²) >= 11 is 0. The van der Waals surface area contributed by atoms with E-state index in [0.717, 1.165) is 55.7 Å². The van der Waals surface area contributed by atoms with Gasteiger partial charge in [-0.1, -0.05) is 18.2 Å². The highest BCUT2D eigenvalue weighted by Gasteiger charge is 2.51. The van der Waals surface area contributed by atoms with E-state index in [2.05, 4.69) is 27.7 Å². The van der Waals surface area contributed by atoms with Crippen molar-refractivity contribution in [1.82, 2.24) is 10.6 Å². The maximum atomic E-state index is 12.7. The van der Waals surface area contributed by atoms with Crippen LogP contribution in [-0.2, 0) is 11.2 Å². The van der Waals surface area contributed by atoms with Crippen molar-refractivity contribution in [1.29, 1.82) is 0 Å². The topological polar surface area (TPSA) is 61.4 Å². The quantitative estimate of drug-likeness (QED) is 0.862. The van der Waals surface area contributed by atoms with E-state index in [4.69, 9.17) is 0 Å². The molecule has 4 fully saturated rings. The van der Waals surface area contributed by atoms with Gasteiger partial charge in [0.05, 0.1) is 0 Å². The maximum absolute atomic E-state index is 12.7. The molecule has 144 valence electrons. The molecular weight excluding hydrogens is 338 g/mol. The Hall–Kier alpha value is -2.04. The number of benzene rings is 1. The zero-order chi connectivity index (χ0) is 18.6. The van der Waals surface area contributed by atoms with E-state index in [0.29, 0.717) is 0 Å². The number of para-hydroxylation sites is 1. The number of rotatable bonds is 3. The van der Waals surface area contributed by atoms with Crippen molar-refractivity contribution >= 4 is 17.6 Å². The molecule has 0 spiro atoms. The van der Waals surface area contributed by atoms with E-state index in [1.54, 1.807) is 0 Å². The normalized spacial score (nSPS) is 34.3. The van der Waals surface area contributed by atoms with Crippen LogP contribution in [-0.4, -0.2) is 30.1 Å². The minimum absolute atomic E-state index is 0.0669. The second-order valence-electron chi connectivity index (χ2n) is 9.39. The van der Waals surface area contributed by atoms with Gasteiger partial charge in [0.2, 0.25) is 5.91 Å². The van der Waals surface area contributed by atoms with Gasteiger partial charge in [0, 0.05) is 17.8 Å². The Balaban J connectivity index is 1.22. The summed E-state index contributed by atoms with van der Waals surface area (Å²) in [6, 6.07) is 7.55. The lowest BCUT2D eigenvalue weighted by Gasteiger charge is -2.56. The third-order valence-electron chi connectivity index (χ3n) is 7.42. The Labute approximate surface area is 160 Å². The van der Waals surface area contributed by atoms with E-state index < -0.39 is 0 Å². The minimum atomic E-state index is -0.351. The van der Waals surface area contributed by atoms with E-state index in [1.807, 2.05) is 19.1 Å². The van der Waals surface area contributed by atoms with Gasteiger partial charge in [0.25, 0.3) is 0 Å². The molecule has 4 aliphatic carbocycles. The van der Waals surface area contributed by atoms with Crippen LogP contribution < -0.4 is 15.5 Å². The molecule has 1 heterocycles. The number of fused-ring (bicyclic) bond motifs is 1. The van der Waals surface area contributed by atoms with Crippen molar-refractivity contribution in [2.24, 2.45) is 17.8 Å². The van der Waals surface area contributed by atoms with Gasteiger partial charge in [-0.05, 0) is 81.3 Å². The van der Waals surface area contributed by atoms with E-state index >= 15 is 0 Å². The fourth-order valence-electron chi connectivity index (χ4n) is 6.66. The number of amides is 3. The summed E-state index contributed by atoms with van der Waals surface area (Å²) in [5.74, 6) is 2.10. The van der Waals surface area contributed by atoms with Crippen molar-refractivity contribution in [3.8, 4) is 0 Å². The Kier molecular flexibility index (Phi) is 3.95. The number of hydrogen-bond donors (Lipinski definition) is 2. The van der Waals surface area contributed by atoms with Crippen molar-refractivity contribution in [2.45, 2.75) is 63.5 Å². The van der Waals surface area contributed by atoms with Crippen LogP contribution >= 0.6 is 0 Å². The lowest BCUT2D eigenvalue weighted by atomic mass is 9.53. The standard InChI is InChI=1S/C22H29N3O2/c1-14(25-7-6-18-4-2-3-5-19(18)25)20(26)23-21(27)24-22-11-15-8-16(12-22)10-17(9-15)13-22/h2-5,14-17H,6-13H2,1H3,(H2,23,24,26,27)/t14-,15?,16?,17?,22?/m1/s1. The van der Waals surface area contributed by atoms with Gasteiger partial charge in [-0.2, -0.15) is 0 Å². The van der Waals surface area contributed by atoms with Crippen LogP contribution in [0.2, 0.25) is 0 Å². The molecule has 5 nitrogen and oxygen atoms in total. The second kappa shape index (κ2) is 6.25. The van der Waals surface area contributed by atoms with Crippen LogP contribution in [0.3, 0.4) is 0 Å². The van der Waals surface area contributed by atoms with Gasteiger partial charge >= 0.3 is 6.03 Å². The molecule has 0 aromatic heterocycles. The van der Waals surface area contributed by atoms with E-state index in [9.17, 15) is 9.59 Å². The van der Waals surface area contributed by atoms with Crippen LogP contribution in [0.1, 0.15) is 51.0 Å². The first kappa shape index (κ1) is 17.1. The number of hydrogen-bond acceptors (Lipinski definition) is 3. The van der Waals surface area contributed by atoms with Crippen molar-refractivity contribution < 1.29 is 9.59 Å². The number of nitrogens with one attached hydrogen (secondary N) is 2. The molecular formula is C22H29N3O2. The van der Waals surface area contributed by atoms with Gasteiger partial charge in [-0.25, -0.2) is 4.79 Å². The molecule has 0 unspecified atom stereocenters. The number of anilines is 1. The molecule has 6 rings (SSSR count). The molecule has 1 atom stereocenters. The van der Waals surface area contributed by atoms with Gasteiger partial charge in [-0.15, -0.1) is 0 Å². The van der Waals surface area contributed by atoms with Crippen LogP contribution in [0.5, 0.6) is 0 Å². The third-order valence-corrected chi connectivity index (χ3v) is 7.42. The molecule has 2 N–H and O–H groups in total. The molecule has 27 heavy (non-hydrogen) atoms. The smallest absolute Gasteiger partial charge is 0.321 e. The van der Waals surface area contributed by atoms with Crippen LogP contribution in [0.4, 0.5) is 10.5 Å². The van der Waals surface area contributed by atoms with Crippen LogP contribution in [0, 0.1) is 17.8 Å². The van der Waals surface area contributed by atoms with Gasteiger partial charge in [-0.3, -0.25) is 10.1 Å². The molecule has 0 saturated heterocycles. The first-order valence-corrected chi connectivity index (χ1v) is 10.5. The lowest BCUT2D eigenvalue weighted by Crippen LogP contribution is -2.62. The summed E-state index contributed by atoms with van der Waals surface area (Å²) in [5, 5.41) is 5.86. The molecule has 1 aromatic carbocycles. The number of carbonyl (C=O) groups excluding carboxylic acids is 2. The average Bonchev–Trinajstić information content (AvgIpc) is 3.03. The number of imide groups is 1.